The molecule has 0 bridgehead atoms. The van der Waals surface area contributed by atoms with E-state index >= 15 is 0 Å². The lowest BCUT2D eigenvalue weighted by molar-refractivity contribution is 1.28. The van der Waals surface area contributed by atoms with Crippen LogP contribution in [-0.4, -0.2) is 22.0 Å². The molecule has 4 heteroatoms. The van der Waals surface area contributed by atoms with E-state index in [2.05, 4.69) is 20.3 Å². The molecule has 17 heavy (non-hydrogen) atoms. The summed E-state index contributed by atoms with van der Waals surface area (Å²) in [7, 11) is 1.85. The second-order valence-corrected chi connectivity index (χ2v) is 3.77. The summed E-state index contributed by atoms with van der Waals surface area (Å²) in [4.78, 5) is 12.1. The van der Waals surface area contributed by atoms with E-state index in [1.165, 1.54) is 0 Å². The molecule has 0 unspecified atom stereocenters. The number of nitrogens with one attached hydrogen (secondary N) is 2. The van der Waals surface area contributed by atoms with Gasteiger partial charge in [0.15, 0.2) is 5.65 Å². The SMILES string of the molecule is CNc1ccc2[nH]c(-c3ccccc3)nc2n1. The molecule has 0 amide bonds. The lowest BCUT2D eigenvalue weighted by Crippen LogP contribution is -1.91. The number of hydrogen-bond acceptors (Lipinski definition) is 3. The van der Waals surface area contributed by atoms with Crippen LogP contribution in [0, 0.1) is 0 Å². The Bertz CT molecular complexity index is 643. The van der Waals surface area contributed by atoms with Crippen LogP contribution in [0.15, 0.2) is 42.5 Å². The fraction of sp³-hybridized carbons (Fsp3) is 0.0769. The highest BCUT2D eigenvalue weighted by molar-refractivity contribution is 5.77. The predicted octanol–water partition coefficient (Wildman–Crippen LogP) is 2.67. The van der Waals surface area contributed by atoms with Crippen molar-refractivity contribution in [1.82, 2.24) is 15.0 Å². The molecule has 0 aliphatic rings. The molecule has 84 valence electrons. The Kier molecular flexibility index (Phi) is 2.26. The second kappa shape index (κ2) is 3.90. The number of rotatable bonds is 2. The van der Waals surface area contributed by atoms with Crippen LogP contribution in [0.25, 0.3) is 22.6 Å². The Labute approximate surface area is 98.7 Å². The molecule has 0 aliphatic carbocycles. The van der Waals surface area contributed by atoms with E-state index in [0.29, 0.717) is 0 Å². The number of aromatic amines is 1. The zero-order chi connectivity index (χ0) is 11.7. The molecule has 0 fully saturated rings. The van der Waals surface area contributed by atoms with Crippen molar-refractivity contribution in [1.29, 1.82) is 0 Å². The third-order valence-electron chi connectivity index (χ3n) is 2.65. The number of pyridine rings is 1. The number of benzene rings is 1. The van der Waals surface area contributed by atoms with Gasteiger partial charge >= 0.3 is 0 Å². The van der Waals surface area contributed by atoms with Gasteiger partial charge in [0.05, 0.1) is 5.52 Å². The summed E-state index contributed by atoms with van der Waals surface area (Å²) in [5.41, 5.74) is 2.75. The maximum atomic E-state index is 4.48. The molecule has 3 rings (SSSR count). The Morgan fingerprint density at radius 1 is 1.00 bits per heavy atom. The summed E-state index contributed by atoms with van der Waals surface area (Å²) in [5.74, 6) is 1.67. The number of H-pyrrole nitrogens is 1. The molecule has 0 aliphatic heterocycles. The number of aromatic nitrogens is 3. The van der Waals surface area contributed by atoms with Crippen LogP contribution in [0.1, 0.15) is 0 Å². The highest BCUT2D eigenvalue weighted by Crippen LogP contribution is 2.19. The Morgan fingerprint density at radius 2 is 1.82 bits per heavy atom. The normalized spacial score (nSPS) is 10.6. The Morgan fingerprint density at radius 3 is 2.59 bits per heavy atom. The van der Waals surface area contributed by atoms with Crippen molar-refractivity contribution in [2.75, 3.05) is 12.4 Å². The standard InChI is InChI=1S/C13H12N4/c1-14-11-8-7-10-13(16-11)17-12(15-10)9-5-3-2-4-6-9/h2-8H,1H3,(H2,14,15,16,17). The second-order valence-electron chi connectivity index (χ2n) is 3.77. The molecular weight excluding hydrogens is 212 g/mol. The molecule has 0 radical (unpaired) electrons. The van der Waals surface area contributed by atoms with Crippen molar-refractivity contribution in [3.8, 4) is 11.4 Å². The van der Waals surface area contributed by atoms with E-state index in [1.54, 1.807) is 0 Å². The average Bonchev–Trinajstić information content (AvgIpc) is 2.82. The van der Waals surface area contributed by atoms with Crippen molar-refractivity contribution < 1.29 is 0 Å². The van der Waals surface area contributed by atoms with E-state index in [4.69, 9.17) is 0 Å². The molecular formula is C13H12N4. The van der Waals surface area contributed by atoms with E-state index in [-0.39, 0.29) is 0 Å². The van der Waals surface area contributed by atoms with Gasteiger partial charge in [0.2, 0.25) is 0 Å². The highest BCUT2D eigenvalue weighted by Gasteiger charge is 2.05. The van der Waals surface area contributed by atoms with Gasteiger partial charge in [-0.05, 0) is 12.1 Å². The average molecular weight is 224 g/mol. The fourth-order valence-corrected chi connectivity index (χ4v) is 1.76. The quantitative estimate of drug-likeness (QED) is 0.703. The van der Waals surface area contributed by atoms with Crippen molar-refractivity contribution >= 4 is 17.0 Å². The topological polar surface area (TPSA) is 53.6 Å². The highest BCUT2D eigenvalue weighted by atomic mass is 15.0. The summed E-state index contributed by atoms with van der Waals surface area (Å²) < 4.78 is 0. The summed E-state index contributed by atoms with van der Waals surface area (Å²) in [6.45, 7) is 0. The molecule has 2 heterocycles. The Balaban J connectivity index is 2.14. The van der Waals surface area contributed by atoms with Gasteiger partial charge in [-0.25, -0.2) is 9.97 Å². The minimum Gasteiger partial charge on any atom is -0.373 e. The van der Waals surface area contributed by atoms with Gasteiger partial charge in [0, 0.05) is 12.6 Å². The number of anilines is 1. The molecule has 2 aromatic heterocycles. The van der Waals surface area contributed by atoms with Gasteiger partial charge in [-0.2, -0.15) is 0 Å². The van der Waals surface area contributed by atoms with Crippen LogP contribution in [0.4, 0.5) is 5.82 Å². The molecule has 0 spiro atoms. The zero-order valence-corrected chi connectivity index (χ0v) is 9.44. The van der Waals surface area contributed by atoms with E-state index in [1.807, 2.05) is 49.5 Å². The maximum Gasteiger partial charge on any atom is 0.180 e. The first-order valence-electron chi connectivity index (χ1n) is 5.47. The van der Waals surface area contributed by atoms with Crippen molar-refractivity contribution in [3.63, 3.8) is 0 Å². The van der Waals surface area contributed by atoms with Crippen LogP contribution < -0.4 is 5.32 Å². The Hall–Kier alpha value is -2.36. The lowest BCUT2D eigenvalue weighted by atomic mass is 10.2. The third-order valence-corrected chi connectivity index (χ3v) is 2.65. The van der Waals surface area contributed by atoms with Gasteiger partial charge in [-0.3, -0.25) is 0 Å². The van der Waals surface area contributed by atoms with E-state index in [9.17, 15) is 0 Å². The summed E-state index contributed by atoms with van der Waals surface area (Å²) in [6, 6.07) is 13.9. The summed E-state index contributed by atoms with van der Waals surface area (Å²) in [6.07, 6.45) is 0. The molecule has 3 aromatic rings. The lowest BCUT2D eigenvalue weighted by Gasteiger charge is -1.95. The molecule has 1 aromatic carbocycles. The first-order valence-corrected chi connectivity index (χ1v) is 5.47. The van der Waals surface area contributed by atoms with Gasteiger partial charge in [0.1, 0.15) is 11.6 Å². The predicted molar refractivity (Wildman–Crippen MR) is 68.9 cm³/mol. The van der Waals surface area contributed by atoms with Crippen LogP contribution in [0.2, 0.25) is 0 Å². The van der Waals surface area contributed by atoms with Gasteiger partial charge in [-0.1, -0.05) is 30.3 Å². The van der Waals surface area contributed by atoms with Gasteiger partial charge in [0.25, 0.3) is 0 Å². The van der Waals surface area contributed by atoms with Gasteiger partial charge in [-0.15, -0.1) is 0 Å². The van der Waals surface area contributed by atoms with Crippen LogP contribution >= 0.6 is 0 Å². The fourth-order valence-electron chi connectivity index (χ4n) is 1.76. The van der Waals surface area contributed by atoms with E-state index in [0.717, 1.165) is 28.4 Å². The summed E-state index contributed by atoms with van der Waals surface area (Å²) in [5, 5.41) is 3.00. The molecule has 4 nitrogen and oxygen atoms in total. The number of fused-ring (bicyclic) bond motifs is 1. The third kappa shape index (κ3) is 1.73. The first-order chi connectivity index (χ1) is 8.36. The molecule has 0 saturated carbocycles. The largest absolute Gasteiger partial charge is 0.373 e. The molecule has 0 saturated heterocycles. The van der Waals surface area contributed by atoms with Crippen LogP contribution in [0.5, 0.6) is 0 Å². The summed E-state index contributed by atoms with van der Waals surface area (Å²) >= 11 is 0. The zero-order valence-electron chi connectivity index (χ0n) is 9.44. The van der Waals surface area contributed by atoms with Crippen molar-refractivity contribution in [3.05, 3.63) is 42.5 Å². The van der Waals surface area contributed by atoms with E-state index < -0.39 is 0 Å². The smallest absolute Gasteiger partial charge is 0.180 e. The van der Waals surface area contributed by atoms with Crippen molar-refractivity contribution in [2.45, 2.75) is 0 Å². The number of imidazole rings is 1. The minimum atomic E-state index is 0.732. The minimum absolute atomic E-state index is 0.732. The van der Waals surface area contributed by atoms with Crippen molar-refractivity contribution in [2.24, 2.45) is 0 Å². The molecule has 0 atom stereocenters. The van der Waals surface area contributed by atoms with Gasteiger partial charge < -0.3 is 10.3 Å². The maximum absolute atomic E-state index is 4.48. The van der Waals surface area contributed by atoms with Crippen LogP contribution in [-0.2, 0) is 0 Å². The number of nitrogens with zero attached hydrogens (tertiary/aromatic N) is 2. The molecule has 2 N–H and O–H groups in total. The number of hydrogen-bond donors (Lipinski definition) is 2. The monoisotopic (exact) mass is 224 g/mol. The van der Waals surface area contributed by atoms with Crippen LogP contribution in [0.3, 0.4) is 0 Å². The first kappa shape index (κ1) is 9.84.